The summed E-state index contributed by atoms with van der Waals surface area (Å²) < 4.78 is 5.33. The molecule has 1 heterocycles. The summed E-state index contributed by atoms with van der Waals surface area (Å²) in [5.41, 5.74) is 1.32. The number of hydrogen-bond donors (Lipinski definition) is 1. The Morgan fingerprint density at radius 1 is 1.18 bits per heavy atom. The van der Waals surface area contributed by atoms with Gasteiger partial charge in [0.25, 0.3) is 0 Å². The van der Waals surface area contributed by atoms with E-state index in [9.17, 15) is 0 Å². The SMILES string of the molecule is CNC(C)c1ccccc1Sc1ccoc1C. The molecule has 0 amide bonds. The van der Waals surface area contributed by atoms with E-state index in [2.05, 4.69) is 36.5 Å². The summed E-state index contributed by atoms with van der Waals surface area (Å²) >= 11 is 1.76. The van der Waals surface area contributed by atoms with Crippen molar-refractivity contribution in [2.45, 2.75) is 29.7 Å². The molecular weight excluding hydrogens is 230 g/mol. The standard InChI is InChI=1S/C14H17NOS/c1-10(15-3)12-6-4-5-7-14(12)17-13-8-9-16-11(13)2/h4-10,15H,1-3H3. The van der Waals surface area contributed by atoms with Gasteiger partial charge < -0.3 is 9.73 Å². The highest BCUT2D eigenvalue weighted by atomic mass is 32.2. The first-order chi connectivity index (χ1) is 8.22. The average Bonchev–Trinajstić information content (AvgIpc) is 2.75. The van der Waals surface area contributed by atoms with Crippen molar-refractivity contribution in [3.8, 4) is 0 Å². The largest absolute Gasteiger partial charge is 0.468 e. The third-order valence-corrected chi connectivity index (χ3v) is 4.08. The first-order valence-electron chi connectivity index (χ1n) is 5.70. The predicted molar refractivity (Wildman–Crippen MR) is 71.5 cm³/mol. The molecule has 0 saturated heterocycles. The quantitative estimate of drug-likeness (QED) is 0.883. The predicted octanol–water partition coefficient (Wildman–Crippen LogP) is 4.02. The second-order valence-corrected chi connectivity index (χ2v) is 5.08. The molecule has 0 bridgehead atoms. The first kappa shape index (κ1) is 12.3. The zero-order valence-corrected chi connectivity index (χ0v) is 11.2. The van der Waals surface area contributed by atoms with Crippen LogP contribution in [0.1, 0.15) is 24.3 Å². The van der Waals surface area contributed by atoms with E-state index in [0.717, 1.165) is 5.76 Å². The minimum Gasteiger partial charge on any atom is -0.468 e. The highest BCUT2D eigenvalue weighted by Gasteiger charge is 2.11. The van der Waals surface area contributed by atoms with Gasteiger partial charge in [-0.25, -0.2) is 0 Å². The van der Waals surface area contributed by atoms with Crippen LogP contribution >= 0.6 is 11.8 Å². The van der Waals surface area contributed by atoms with Gasteiger partial charge in [0, 0.05) is 10.9 Å². The molecule has 2 rings (SSSR count). The van der Waals surface area contributed by atoms with Crippen LogP contribution in [0, 0.1) is 6.92 Å². The molecule has 0 aliphatic heterocycles. The van der Waals surface area contributed by atoms with Crippen molar-refractivity contribution in [3.63, 3.8) is 0 Å². The summed E-state index contributed by atoms with van der Waals surface area (Å²) in [6, 6.07) is 10.8. The molecule has 0 fully saturated rings. The van der Waals surface area contributed by atoms with Crippen molar-refractivity contribution in [1.29, 1.82) is 0 Å². The van der Waals surface area contributed by atoms with Gasteiger partial charge in [0.1, 0.15) is 5.76 Å². The molecular formula is C14H17NOS. The second-order valence-electron chi connectivity index (χ2n) is 3.99. The lowest BCUT2D eigenvalue weighted by Crippen LogP contribution is -2.12. The lowest BCUT2D eigenvalue weighted by atomic mass is 10.1. The smallest absolute Gasteiger partial charge is 0.114 e. The Kier molecular flexibility index (Phi) is 3.92. The molecule has 0 aliphatic carbocycles. The molecule has 0 spiro atoms. The van der Waals surface area contributed by atoms with Gasteiger partial charge in [-0.1, -0.05) is 30.0 Å². The molecule has 17 heavy (non-hydrogen) atoms. The van der Waals surface area contributed by atoms with Crippen LogP contribution in [0.2, 0.25) is 0 Å². The van der Waals surface area contributed by atoms with Gasteiger partial charge in [0.05, 0.1) is 11.2 Å². The Morgan fingerprint density at radius 2 is 1.94 bits per heavy atom. The number of nitrogens with one attached hydrogen (secondary N) is 1. The fraction of sp³-hybridized carbons (Fsp3) is 0.286. The Bertz CT molecular complexity index is 492. The lowest BCUT2D eigenvalue weighted by molar-refractivity contribution is 0.527. The summed E-state index contributed by atoms with van der Waals surface area (Å²) in [4.78, 5) is 2.46. The fourth-order valence-corrected chi connectivity index (χ4v) is 2.75. The van der Waals surface area contributed by atoms with Crippen molar-refractivity contribution in [2.24, 2.45) is 0 Å². The average molecular weight is 247 g/mol. The zero-order chi connectivity index (χ0) is 12.3. The highest BCUT2D eigenvalue weighted by molar-refractivity contribution is 7.99. The molecule has 2 nitrogen and oxygen atoms in total. The zero-order valence-electron chi connectivity index (χ0n) is 10.4. The summed E-state index contributed by atoms with van der Waals surface area (Å²) in [7, 11) is 1.98. The molecule has 1 atom stereocenters. The normalized spacial score (nSPS) is 12.6. The topological polar surface area (TPSA) is 25.2 Å². The fourth-order valence-electron chi connectivity index (χ4n) is 1.68. The van der Waals surface area contributed by atoms with Crippen LogP contribution in [0.5, 0.6) is 0 Å². The molecule has 1 unspecified atom stereocenters. The van der Waals surface area contributed by atoms with E-state index in [1.54, 1.807) is 18.0 Å². The Morgan fingerprint density at radius 3 is 2.59 bits per heavy atom. The molecule has 3 heteroatoms. The van der Waals surface area contributed by atoms with Crippen LogP contribution < -0.4 is 5.32 Å². The molecule has 2 aromatic rings. The molecule has 90 valence electrons. The van der Waals surface area contributed by atoms with Crippen LogP contribution in [-0.2, 0) is 0 Å². The third-order valence-electron chi connectivity index (χ3n) is 2.85. The molecule has 1 aromatic heterocycles. The molecule has 0 saturated carbocycles. The van der Waals surface area contributed by atoms with Gasteiger partial charge in [-0.15, -0.1) is 0 Å². The van der Waals surface area contributed by atoms with Crippen LogP contribution in [0.25, 0.3) is 0 Å². The third kappa shape index (κ3) is 2.73. The molecule has 1 aromatic carbocycles. The maximum absolute atomic E-state index is 5.33. The van der Waals surface area contributed by atoms with Gasteiger partial charge in [0.15, 0.2) is 0 Å². The highest BCUT2D eigenvalue weighted by Crippen LogP contribution is 2.35. The van der Waals surface area contributed by atoms with E-state index in [4.69, 9.17) is 4.42 Å². The summed E-state index contributed by atoms with van der Waals surface area (Å²) in [6.45, 7) is 4.16. The monoisotopic (exact) mass is 247 g/mol. The van der Waals surface area contributed by atoms with E-state index in [0.29, 0.717) is 6.04 Å². The number of hydrogen-bond acceptors (Lipinski definition) is 3. The van der Waals surface area contributed by atoms with Gasteiger partial charge in [-0.3, -0.25) is 0 Å². The van der Waals surface area contributed by atoms with E-state index >= 15 is 0 Å². The van der Waals surface area contributed by atoms with Gasteiger partial charge in [0.2, 0.25) is 0 Å². The van der Waals surface area contributed by atoms with Gasteiger partial charge in [-0.05, 0) is 38.6 Å². The Labute approximate surface area is 106 Å². The number of benzene rings is 1. The minimum absolute atomic E-state index is 0.353. The van der Waals surface area contributed by atoms with E-state index in [-0.39, 0.29) is 0 Å². The maximum atomic E-state index is 5.33. The van der Waals surface area contributed by atoms with Gasteiger partial charge >= 0.3 is 0 Å². The van der Waals surface area contributed by atoms with Crippen LogP contribution in [0.15, 0.2) is 50.8 Å². The maximum Gasteiger partial charge on any atom is 0.114 e. The van der Waals surface area contributed by atoms with Crippen LogP contribution in [-0.4, -0.2) is 7.05 Å². The van der Waals surface area contributed by atoms with E-state index in [1.807, 2.05) is 20.0 Å². The van der Waals surface area contributed by atoms with Crippen molar-refractivity contribution in [2.75, 3.05) is 7.05 Å². The Balaban J connectivity index is 2.30. The first-order valence-corrected chi connectivity index (χ1v) is 6.52. The number of furan rings is 1. The minimum atomic E-state index is 0.353. The summed E-state index contributed by atoms with van der Waals surface area (Å²) in [5, 5.41) is 3.28. The summed E-state index contributed by atoms with van der Waals surface area (Å²) in [6.07, 6.45) is 1.74. The number of aryl methyl sites for hydroxylation is 1. The van der Waals surface area contributed by atoms with E-state index < -0.39 is 0 Å². The van der Waals surface area contributed by atoms with Crippen molar-refractivity contribution in [1.82, 2.24) is 5.32 Å². The number of rotatable bonds is 4. The molecule has 0 radical (unpaired) electrons. The second kappa shape index (κ2) is 5.43. The van der Waals surface area contributed by atoms with Crippen molar-refractivity contribution < 1.29 is 4.42 Å². The molecule has 1 N–H and O–H groups in total. The van der Waals surface area contributed by atoms with Gasteiger partial charge in [-0.2, -0.15) is 0 Å². The van der Waals surface area contributed by atoms with Crippen LogP contribution in [0.4, 0.5) is 0 Å². The Hall–Kier alpha value is -1.19. The lowest BCUT2D eigenvalue weighted by Gasteiger charge is -2.14. The van der Waals surface area contributed by atoms with E-state index in [1.165, 1.54) is 15.4 Å². The summed E-state index contributed by atoms with van der Waals surface area (Å²) in [5.74, 6) is 0.974. The van der Waals surface area contributed by atoms with Crippen molar-refractivity contribution in [3.05, 3.63) is 47.9 Å². The molecule has 0 aliphatic rings. The van der Waals surface area contributed by atoms with Crippen LogP contribution in [0.3, 0.4) is 0 Å². The van der Waals surface area contributed by atoms with Crippen molar-refractivity contribution >= 4 is 11.8 Å².